The Morgan fingerprint density at radius 2 is 1.94 bits per heavy atom. The van der Waals surface area contributed by atoms with Crippen molar-refractivity contribution in [3.8, 4) is 11.4 Å². The molecule has 92 valence electrons. The molecule has 0 spiro atoms. The molecular formula is C15H17N3. The maximum absolute atomic E-state index is 5.55. The molecule has 0 amide bonds. The number of benzene rings is 1. The van der Waals surface area contributed by atoms with E-state index in [0.717, 1.165) is 30.7 Å². The standard InChI is InChI=1S/C15H17N3/c16-9-8-11-4-6-12(7-5-11)15-17-10-13-2-1-3-14(13)18-15/h4-7,10H,1-3,8-9,16H2. The van der Waals surface area contributed by atoms with Crippen molar-refractivity contribution in [3.05, 3.63) is 47.3 Å². The lowest BCUT2D eigenvalue weighted by atomic mass is 10.1. The summed E-state index contributed by atoms with van der Waals surface area (Å²) in [5.74, 6) is 0.843. The van der Waals surface area contributed by atoms with Gasteiger partial charge in [0, 0.05) is 17.5 Å². The first kappa shape index (κ1) is 11.4. The molecule has 18 heavy (non-hydrogen) atoms. The number of hydrogen-bond acceptors (Lipinski definition) is 3. The summed E-state index contributed by atoms with van der Waals surface area (Å²) >= 11 is 0. The summed E-state index contributed by atoms with van der Waals surface area (Å²) in [4.78, 5) is 9.12. The van der Waals surface area contributed by atoms with Crippen LogP contribution < -0.4 is 5.73 Å². The van der Waals surface area contributed by atoms with E-state index in [-0.39, 0.29) is 0 Å². The highest BCUT2D eigenvalue weighted by molar-refractivity contribution is 5.55. The normalized spacial score (nSPS) is 13.6. The molecule has 0 unspecified atom stereocenters. The number of rotatable bonds is 3. The van der Waals surface area contributed by atoms with Crippen LogP contribution >= 0.6 is 0 Å². The Morgan fingerprint density at radius 1 is 1.11 bits per heavy atom. The van der Waals surface area contributed by atoms with Crippen molar-refractivity contribution in [1.29, 1.82) is 0 Å². The highest BCUT2D eigenvalue weighted by Gasteiger charge is 2.13. The molecule has 1 aromatic carbocycles. The van der Waals surface area contributed by atoms with Gasteiger partial charge in [-0.2, -0.15) is 0 Å². The molecule has 0 saturated carbocycles. The third kappa shape index (κ3) is 2.14. The van der Waals surface area contributed by atoms with Crippen LogP contribution in [-0.2, 0) is 19.3 Å². The first-order chi connectivity index (χ1) is 8.86. The molecule has 0 radical (unpaired) electrons. The highest BCUT2D eigenvalue weighted by Crippen LogP contribution is 2.22. The Balaban J connectivity index is 1.90. The molecule has 0 bridgehead atoms. The van der Waals surface area contributed by atoms with Crippen molar-refractivity contribution in [1.82, 2.24) is 9.97 Å². The molecule has 1 aromatic heterocycles. The first-order valence-electron chi connectivity index (χ1n) is 6.51. The van der Waals surface area contributed by atoms with Crippen molar-refractivity contribution >= 4 is 0 Å². The van der Waals surface area contributed by atoms with Crippen LogP contribution in [0.2, 0.25) is 0 Å². The Morgan fingerprint density at radius 3 is 2.72 bits per heavy atom. The second-order valence-electron chi connectivity index (χ2n) is 4.75. The third-order valence-electron chi connectivity index (χ3n) is 3.46. The van der Waals surface area contributed by atoms with Crippen molar-refractivity contribution in [3.63, 3.8) is 0 Å². The predicted octanol–water partition coefficient (Wildman–Crippen LogP) is 2.13. The van der Waals surface area contributed by atoms with Crippen LogP contribution in [0.25, 0.3) is 11.4 Å². The third-order valence-corrected chi connectivity index (χ3v) is 3.46. The number of nitrogens with zero attached hydrogens (tertiary/aromatic N) is 2. The lowest BCUT2D eigenvalue weighted by molar-refractivity contribution is 0.900. The second kappa shape index (κ2) is 4.86. The second-order valence-corrected chi connectivity index (χ2v) is 4.75. The van der Waals surface area contributed by atoms with Crippen molar-refractivity contribution < 1.29 is 0 Å². The maximum Gasteiger partial charge on any atom is 0.159 e. The van der Waals surface area contributed by atoms with Crippen LogP contribution in [0.4, 0.5) is 0 Å². The molecule has 3 rings (SSSR count). The van der Waals surface area contributed by atoms with E-state index < -0.39 is 0 Å². The van der Waals surface area contributed by atoms with Gasteiger partial charge in [-0.1, -0.05) is 24.3 Å². The Kier molecular flexibility index (Phi) is 3.07. The number of aryl methyl sites for hydroxylation is 2. The minimum Gasteiger partial charge on any atom is -0.330 e. The van der Waals surface area contributed by atoms with Gasteiger partial charge in [-0.3, -0.25) is 0 Å². The first-order valence-corrected chi connectivity index (χ1v) is 6.51. The fourth-order valence-corrected chi connectivity index (χ4v) is 2.44. The summed E-state index contributed by atoms with van der Waals surface area (Å²) in [6.45, 7) is 0.689. The number of aromatic nitrogens is 2. The van der Waals surface area contributed by atoms with E-state index in [1.165, 1.54) is 23.2 Å². The maximum atomic E-state index is 5.55. The van der Waals surface area contributed by atoms with Crippen molar-refractivity contribution in [2.45, 2.75) is 25.7 Å². The van der Waals surface area contributed by atoms with E-state index >= 15 is 0 Å². The van der Waals surface area contributed by atoms with E-state index in [4.69, 9.17) is 5.73 Å². The van der Waals surface area contributed by atoms with Gasteiger partial charge in [0.1, 0.15) is 0 Å². The van der Waals surface area contributed by atoms with Gasteiger partial charge in [0.05, 0.1) is 0 Å². The summed E-state index contributed by atoms with van der Waals surface area (Å²) in [6, 6.07) is 8.39. The Labute approximate surface area is 107 Å². The van der Waals surface area contributed by atoms with Crippen LogP contribution in [0, 0.1) is 0 Å². The molecule has 2 aromatic rings. The molecule has 1 aliphatic rings. The van der Waals surface area contributed by atoms with E-state index in [9.17, 15) is 0 Å². The van der Waals surface area contributed by atoms with Gasteiger partial charge in [0.2, 0.25) is 0 Å². The molecule has 0 aliphatic heterocycles. The van der Waals surface area contributed by atoms with Gasteiger partial charge < -0.3 is 5.73 Å². The molecule has 0 fully saturated rings. The zero-order valence-corrected chi connectivity index (χ0v) is 10.4. The Bertz CT molecular complexity index is 546. The number of fused-ring (bicyclic) bond motifs is 1. The van der Waals surface area contributed by atoms with Gasteiger partial charge in [-0.05, 0) is 43.4 Å². The van der Waals surface area contributed by atoms with Crippen LogP contribution in [0.15, 0.2) is 30.5 Å². The lowest BCUT2D eigenvalue weighted by Gasteiger charge is -2.04. The smallest absolute Gasteiger partial charge is 0.159 e. The van der Waals surface area contributed by atoms with E-state index in [0.29, 0.717) is 6.54 Å². The monoisotopic (exact) mass is 239 g/mol. The fraction of sp³-hybridized carbons (Fsp3) is 0.333. The highest BCUT2D eigenvalue weighted by atomic mass is 14.9. The van der Waals surface area contributed by atoms with Gasteiger partial charge in [0.15, 0.2) is 5.82 Å². The number of nitrogens with two attached hydrogens (primary N) is 1. The molecule has 0 atom stereocenters. The zero-order valence-electron chi connectivity index (χ0n) is 10.4. The van der Waals surface area contributed by atoms with Crippen LogP contribution in [0.3, 0.4) is 0 Å². The van der Waals surface area contributed by atoms with Crippen LogP contribution in [0.5, 0.6) is 0 Å². The van der Waals surface area contributed by atoms with Crippen LogP contribution in [-0.4, -0.2) is 16.5 Å². The van der Waals surface area contributed by atoms with E-state index in [1.54, 1.807) is 0 Å². The molecule has 1 aliphatic carbocycles. The average molecular weight is 239 g/mol. The van der Waals surface area contributed by atoms with Gasteiger partial charge in [0.25, 0.3) is 0 Å². The molecule has 3 heteroatoms. The summed E-state index contributed by atoms with van der Waals surface area (Å²) in [7, 11) is 0. The lowest BCUT2D eigenvalue weighted by Crippen LogP contribution is -2.02. The average Bonchev–Trinajstić information content (AvgIpc) is 2.87. The minimum atomic E-state index is 0.689. The van der Waals surface area contributed by atoms with Gasteiger partial charge in [-0.25, -0.2) is 9.97 Å². The zero-order chi connectivity index (χ0) is 12.4. The molecular weight excluding hydrogens is 222 g/mol. The largest absolute Gasteiger partial charge is 0.330 e. The summed E-state index contributed by atoms with van der Waals surface area (Å²) in [5.41, 5.74) is 10.4. The molecule has 2 N–H and O–H groups in total. The summed E-state index contributed by atoms with van der Waals surface area (Å²) < 4.78 is 0. The van der Waals surface area contributed by atoms with Crippen molar-refractivity contribution in [2.75, 3.05) is 6.54 Å². The minimum absolute atomic E-state index is 0.689. The van der Waals surface area contributed by atoms with Crippen LogP contribution in [0.1, 0.15) is 23.2 Å². The molecule has 3 nitrogen and oxygen atoms in total. The Hall–Kier alpha value is -1.74. The quantitative estimate of drug-likeness (QED) is 0.892. The van der Waals surface area contributed by atoms with E-state index in [2.05, 4.69) is 34.2 Å². The van der Waals surface area contributed by atoms with Gasteiger partial charge >= 0.3 is 0 Å². The summed E-state index contributed by atoms with van der Waals surface area (Å²) in [5, 5.41) is 0. The molecule has 1 heterocycles. The fourth-order valence-electron chi connectivity index (χ4n) is 2.44. The predicted molar refractivity (Wildman–Crippen MR) is 72.3 cm³/mol. The molecule has 0 saturated heterocycles. The van der Waals surface area contributed by atoms with Crippen molar-refractivity contribution in [2.24, 2.45) is 5.73 Å². The number of hydrogen-bond donors (Lipinski definition) is 1. The van der Waals surface area contributed by atoms with E-state index in [1.807, 2.05) is 6.20 Å². The summed E-state index contributed by atoms with van der Waals surface area (Å²) in [6.07, 6.45) is 6.34. The SMILES string of the molecule is NCCc1ccc(-c2ncc3c(n2)CCC3)cc1. The van der Waals surface area contributed by atoms with Gasteiger partial charge in [-0.15, -0.1) is 0 Å². The topological polar surface area (TPSA) is 51.8 Å².